The molecule has 16 aliphatic rings. The Labute approximate surface area is 803 Å². The standard InChI is InChI=1S/3C30H54O2.C30H52O2.CH4O/c4*1-8-30(32)18-17-28(6)21(19-30)10-11-22-24-13-12-23(29(24,7)16-15-25(22)28)20(2)9-14-26(31)27(3,4)5;1-2/h3*20-26,31-32H,8-19H2,1-7H3;10,20,22-26,31-32H,8-9,11-19H2,1-7H3;2H,1H3/t20-,21+,22+,23-,24+,25+,26+,28+,29-,30+;20-,21+,22+,23-,24+,25+,26-,28+,29-,30+;20-,21-,22+,23-,24+,25+,26-,28+,29-,30+;20-,22+,23-,24+,25+,26-,28+,29-,30+;/m1111./s1. The van der Waals surface area contributed by atoms with Crippen molar-refractivity contribution >= 4 is 0 Å². The van der Waals surface area contributed by atoms with E-state index < -0.39 is 5.60 Å². The average molecular weight is 1820 g/mol. The third kappa shape index (κ3) is 21.0. The van der Waals surface area contributed by atoms with Gasteiger partial charge in [-0.1, -0.05) is 206 Å². The summed E-state index contributed by atoms with van der Waals surface area (Å²) >= 11 is 0. The molecular formula is C121H218O9. The van der Waals surface area contributed by atoms with Crippen LogP contribution in [-0.2, 0) is 0 Å². The first-order valence-corrected chi connectivity index (χ1v) is 57.1. The third-order valence-electron chi connectivity index (χ3n) is 48.0. The number of fused-ring (bicyclic) bond motifs is 20. The molecule has 16 aliphatic carbocycles. The normalized spacial score (nSPS) is 47.2. The second-order valence-corrected chi connectivity index (χ2v) is 58.0. The first-order valence-electron chi connectivity index (χ1n) is 57.1. The van der Waals surface area contributed by atoms with E-state index in [0.717, 1.165) is 246 Å². The summed E-state index contributed by atoms with van der Waals surface area (Å²) in [5, 5.41) is 93.5. The summed E-state index contributed by atoms with van der Waals surface area (Å²) in [4.78, 5) is 0. The molecule has 0 saturated heterocycles. The maximum absolute atomic E-state index is 11.0. The minimum Gasteiger partial charge on any atom is -0.400 e. The molecule has 0 aromatic carbocycles. The maximum Gasteiger partial charge on any atom is 0.0682 e. The summed E-state index contributed by atoms with van der Waals surface area (Å²) in [6.45, 7) is 65.7. The molecule has 9 heteroatoms. The van der Waals surface area contributed by atoms with Gasteiger partial charge < -0.3 is 46.0 Å². The molecule has 0 radical (unpaired) electrons. The van der Waals surface area contributed by atoms with E-state index >= 15 is 0 Å². The molecule has 0 heterocycles. The largest absolute Gasteiger partial charge is 0.400 e. The van der Waals surface area contributed by atoms with E-state index in [1.54, 1.807) is 5.57 Å². The van der Waals surface area contributed by atoms with Crippen LogP contribution in [0.15, 0.2) is 11.6 Å². The quantitative estimate of drug-likeness (QED) is 0.0536. The zero-order valence-corrected chi connectivity index (χ0v) is 90.9. The van der Waals surface area contributed by atoms with Crippen molar-refractivity contribution in [1.82, 2.24) is 0 Å². The lowest BCUT2D eigenvalue weighted by Gasteiger charge is -2.62. The lowest BCUT2D eigenvalue weighted by molar-refractivity contribution is -0.152. The van der Waals surface area contributed by atoms with E-state index in [1.807, 2.05) is 0 Å². The molecule has 0 bridgehead atoms. The van der Waals surface area contributed by atoms with Gasteiger partial charge in [0.05, 0.1) is 46.8 Å². The number of aliphatic hydroxyl groups is 9. The predicted molar refractivity (Wildman–Crippen MR) is 545 cm³/mol. The Hall–Kier alpha value is -0.620. The molecule has 0 amide bonds. The lowest BCUT2D eigenvalue weighted by atomic mass is 9.43. The van der Waals surface area contributed by atoms with E-state index in [4.69, 9.17) is 5.11 Å². The van der Waals surface area contributed by atoms with Crippen molar-refractivity contribution in [3.8, 4) is 0 Å². The highest BCUT2D eigenvalue weighted by molar-refractivity contribution is 5.28. The molecule has 15 saturated carbocycles. The summed E-state index contributed by atoms with van der Waals surface area (Å²) in [5.74, 6) is 19.1. The predicted octanol–water partition coefficient (Wildman–Crippen LogP) is 30.0. The van der Waals surface area contributed by atoms with Crippen LogP contribution in [0.5, 0.6) is 0 Å². The Kier molecular flexibility index (Phi) is 33.5. The van der Waals surface area contributed by atoms with Crippen LogP contribution >= 0.6 is 0 Å². The van der Waals surface area contributed by atoms with Crippen molar-refractivity contribution in [2.24, 2.45) is 201 Å². The highest BCUT2D eigenvalue weighted by Gasteiger charge is 2.67. The summed E-state index contributed by atoms with van der Waals surface area (Å²) in [7, 11) is 1.00. The van der Waals surface area contributed by atoms with Gasteiger partial charge in [0.1, 0.15) is 0 Å². The van der Waals surface area contributed by atoms with Gasteiger partial charge in [0, 0.05) is 7.11 Å². The van der Waals surface area contributed by atoms with Crippen LogP contribution in [0.4, 0.5) is 0 Å². The van der Waals surface area contributed by atoms with Crippen LogP contribution in [0.2, 0.25) is 0 Å². The molecule has 0 spiro atoms. The molecule has 130 heavy (non-hydrogen) atoms. The molecule has 15 fully saturated rings. The summed E-state index contributed by atoms with van der Waals surface area (Å²) in [6, 6.07) is 0. The molecule has 9 N–H and O–H groups in total. The topological polar surface area (TPSA) is 182 Å². The van der Waals surface area contributed by atoms with Gasteiger partial charge in [-0.2, -0.15) is 0 Å². The molecule has 39 atom stereocenters. The van der Waals surface area contributed by atoms with Crippen LogP contribution < -0.4 is 0 Å². The molecular weight excluding hydrogens is 1600 g/mol. The molecule has 756 valence electrons. The minimum absolute atomic E-state index is 0.00208. The van der Waals surface area contributed by atoms with Crippen LogP contribution in [-0.4, -0.2) is 99.9 Å². The van der Waals surface area contributed by atoms with Gasteiger partial charge in [-0.25, -0.2) is 0 Å². The first-order chi connectivity index (χ1) is 60.4. The van der Waals surface area contributed by atoms with Crippen molar-refractivity contribution < 1.29 is 46.0 Å². The highest BCUT2D eigenvalue weighted by atomic mass is 16.3. The zero-order chi connectivity index (χ0) is 96.1. The maximum atomic E-state index is 11.0. The summed E-state index contributed by atoms with van der Waals surface area (Å²) in [6.07, 6.45) is 59.2. The van der Waals surface area contributed by atoms with Gasteiger partial charge in [0.25, 0.3) is 0 Å². The van der Waals surface area contributed by atoms with Crippen molar-refractivity contribution in [2.75, 3.05) is 7.11 Å². The van der Waals surface area contributed by atoms with E-state index in [9.17, 15) is 40.9 Å². The molecule has 9 nitrogen and oxygen atoms in total. The van der Waals surface area contributed by atoms with Gasteiger partial charge in [-0.3, -0.25) is 0 Å². The van der Waals surface area contributed by atoms with Gasteiger partial charge in [0.15, 0.2) is 0 Å². The number of rotatable bonds is 20. The van der Waals surface area contributed by atoms with Crippen molar-refractivity contribution in [1.29, 1.82) is 0 Å². The van der Waals surface area contributed by atoms with Gasteiger partial charge in [-0.15, -0.1) is 0 Å². The fourth-order valence-electron chi connectivity index (χ4n) is 38.1. The van der Waals surface area contributed by atoms with E-state index in [0.29, 0.717) is 49.2 Å². The molecule has 0 aromatic rings. The SMILES string of the molecule is CC[C@]1(O)CC[C@@]2(C)C(=CC[C@H]3[C@@H]4CC[C@H]([C@H](C)CC[C@@H](O)C(C)(C)C)[C@@]4(C)CC[C@@H]32)C1.CC[C@]1(O)CC[C@@]2(C)[C@@H](CC[C@@H]3[C@@H]2CC[C@]2(C)[C@@H]([C@H](C)CC[C@@H](O)C(C)(C)C)CC[C@@H]32)C1.CC[C@]1(O)CC[C@@]2(C)[C@@H](CC[C@@H]3[C@@H]2CC[C@]2(C)[C@@H]([C@H](C)CC[C@H](O)C(C)(C)C)CC[C@@H]32)C1.CC[C@]1(O)CC[C@@]2(C)[C@H](CC[C@@H]3[C@@H]2CC[C@]2(C)[C@@H]([C@H](C)CC[C@@H](O)C(C)(C)C)CC[C@@H]32)C1.CO. The third-order valence-corrected chi connectivity index (χ3v) is 48.0. The first kappa shape index (κ1) is 108. The van der Waals surface area contributed by atoms with E-state index in [2.05, 4.69) is 200 Å². The Balaban J connectivity index is 0.000000156. The second-order valence-electron chi connectivity index (χ2n) is 58.0. The minimum atomic E-state index is -0.452. The zero-order valence-electron chi connectivity index (χ0n) is 90.9. The van der Waals surface area contributed by atoms with E-state index in [-0.39, 0.29) is 62.9 Å². The molecule has 16 rings (SSSR count). The van der Waals surface area contributed by atoms with Gasteiger partial charge >= 0.3 is 0 Å². The molecule has 0 unspecified atom stereocenters. The monoisotopic (exact) mass is 1820 g/mol. The van der Waals surface area contributed by atoms with Crippen LogP contribution in [0.1, 0.15) is 496 Å². The van der Waals surface area contributed by atoms with E-state index in [1.165, 1.54) is 193 Å². The number of hydrogen-bond acceptors (Lipinski definition) is 9. The molecule has 0 aromatic heterocycles. The van der Waals surface area contributed by atoms with Crippen LogP contribution in [0.25, 0.3) is 0 Å². The van der Waals surface area contributed by atoms with Crippen molar-refractivity contribution in [2.45, 2.75) is 542 Å². The Morgan fingerprint density at radius 3 is 0.769 bits per heavy atom. The van der Waals surface area contributed by atoms with Crippen molar-refractivity contribution in [3.63, 3.8) is 0 Å². The fourth-order valence-corrected chi connectivity index (χ4v) is 38.1. The Bertz CT molecular complexity index is 3380. The average Bonchev–Trinajstić information content (AvgIpc) is 1.53. The Morgan fingerprint density at radius 1 is 0.277 bits per heavy atom. The number of allylic oxidation sites excluding steroid dienone is 1. The smallest absolute Gasteiger partial charge is 0.0682 e. The highest BCUT2D eigenvalue weighted by Crippen LogP contribution is 2.75. The second kappa shape index (κ2) is 40.3. The number of aliphatic hydroxyl groups excluding tert-OH is 5. The van der Waals surface area contributed by atoms with Crippen LogP contribution in [0, 0.1) is 201 Å². The fraction of sp³-hybridized carbons (Fsp3) is 0.983. The summed E-state index contributed by atoms with van der Waals surface area (Å²) < 4.78 is 0. The Morgan fingerprint density at radius 2 is 0.515 bits per heavy atom. The van der Waals surface area contributed by atoms with Gasteiger partial charge in [0.2, 0.25) is 0 Å². The molecule has 0 aliphatic heterocycles. The lowest BCUT2D eigenvalue weighted by Crippen LogP contribution is -2.56. The summed E-state index contributed by atoms with van der Waals surface area (Å²) in [5.41, 5.74) is 3.71. The van der Waals surface area contributed by atoms with Crippen LogP contribution in [0.3, 0.4) is 0 Å². The van der Waals surface area contributed by atoms with Gasteiger partial charge in [-0.05, 0) is 503 Å². The van der Waals surface area contributed by atoms with Crippen molar-refractivity contribution in [3.05, 3.63) is 11.6 Å². The number of hydrogen-bond donors (Lipinski definition) is 9.